The number of allylic oxidation sites excluding steroid dienone is 2. The summed E-state index contributed by atoms with van der Waals surface area (Å²) in [4.78, 5) is 32.1. The van der Waals surface area contributed by atoms with E-state index in [0.717, 1.165) is 33.9 Å². The van der Waals surface area contributed by atoms with E-state index in [4.69, 9.17) is 19.2 Å². The Balaban J connectivity index is 1.47. The summed E-state index contributed by atoms with van der Waals surface area (Å²) in [6.45, 7) is 5.98. The van der Waals surface area contributed by atoms with Crippen LogP contribution in [0.3, 0.4) is 0 Å². The first-order valence-electron chi connectivity index (χ1n) is 13.8. The molecule has 40 heavy (non-hydrogen) atoms. The highest BCUT2D eigenvalue weighted by molar-refractivity contribution is 6.09. The molecule has 3 aromatic rings. The van der Waals surface area contributed by atoms with Crippen molar-refractivity contribution in [2.24, 2.45) is 10.9 Å². The van der Waals surface area contributed by atoms with E-state index in [1.54, 1.807) is 7.11 Å². The normalized spacial score (nSPS) is 20.6. The Labute approximate surface area is 235 Å². The number of ether oxygens (including phenoxy) is 3. The lowest BCUT2D eigenvalue weighted by atomic mass is 9.69. The molecule has 0 N–H and O–H groups in total. The molecule has 0 aromatic heterocycles. The van der Waals surface area contributed by atoms with Crippen molar-refractivity contribution in [3.63, 3.8) is 0 Å². The summed E-state index contributed by atoms with van der Waals surface area (Å²) in [6, 6.07) is 25.5. The third-order valence-corrected chi connectivity index (χ3v) is 7.57. The topological polar surface area (TPSA) is 74.2 Å². The second-order valence-corrected chi connectivity index (χ2v) is 10.7. The maximum Gasteiger partial charge on any atom is 0.315 e. The van der Waals surface area contributed by atoms with Crippen molar-refractivity contribution in [3.8, 4) is 11.5 Å². The number of Topliss-reactive ketones (excluding diaryl/α,β-unsaturated/α-hetero) is 1. The molecule has 5 rings (SSSR count). The van der Waals surface area contributed by atoms with Gasteiger partial charge in [0.05, 0.1) is 13.2 Å². The van der Waals surface area contributed by atoms with Gasteiger partial charge in [0.15, 0.2) is 5.78 Å². The lowest BCUT2D eigenvalue weighted by molar-refractivity contribution is -0.150. The largest absolute Gasteiger partial charge is 0.497 e. The number of benzene rings is 3. The Kier molecular flexibility index (Phi) is 8.15. The van der Waals surface area contributed by atoms with Crippen LogP contribution in [0.2, 0.25) is 0 Å². The monoisotopic (exact) mass is 537 g/mol. The van der Waals surface area contributed by atoms with Crippen LogP contribution >= 0.6 is 0 Å². The number of hydrogen-bond donors (Lipinski definition) is 0. The van der Waals surface area contributed by atoms with Gasteiger partial charge in [0, 0.05) is 29.3 Å². The lowest BCUT2D eigenvalue weighted by Gasteiger charge is -2.36. The van der Waals surface area contributed by atoms with Crippen molar-refractivity contribution in [2.75, 3.05) is 7.11 Å². The standard InChI is InChI=1S/C34H35NO5/c1-21(2)40-34(37)31-22(3)35-29-18-26(24-10-14-27(38-4)15-11-24)19-30(36)33(29)32(31)25-12-16-28(17-13-25)39-20-23-8-6-5-7-9-23/h5-17,21,26,31-32H,18-20H2,1-4H3/t26-,31?,32-/m0/s1. The fraction of sp³-hybridized carbons (Fsp3) is 0.324. The molecule has 6 heteroatoms. The van der Waals surface area contributed by atoms with Crippen LogP contribution in [0.25, 0.3) is 0 Å². The van der Waals surface area contributed by atoms with Crippen LogP contribution in [0.1, 0.15) is 62.1 Å². The number of nitrogens with zero attached hydrogens (tertiary/aromatic N) is 1. The molecule has 1 aliphatic carbocycles. The molecule has 206 valence electrons. The second-order valence-electron chi connectivity index (χ2n) is 10.7. The first-order valence-corrected chi connectivity index (χ1v) is 13.8. The lowest BCUT2D eigenvalue weighted by Crippen LogP contribution is -2.38. The van der Waals surface area contributed by atoms with Crippen LogP contribution in [-0.4, -0.2) is 30.7 Å². The summed E-state index contributed by atoms with van der Waals surface area (Å²) >= 11 is 0. The Hall–Kier alpha value is -4.19. The SMILES string of the molecule is COc1ccc([C@@H]2CC(=O)C3=C(C2)N=C(C)C(C(=O)OC(C)C)[C@@H]3c2ccc(OCc3ccccc3)cc2)cc1. The second kappa shape index (κ2) is 11.9. The summed E-state index contributed by atoms with van der Waals surface area (Å²) in [5.74, 6) is 0.0449. The van der Waals surface area contributed by atoms with E-state index in [-0.39, 0.29) is 23.8 Å². The van der Waals surface area contributed by atoms with Crippen molar-refractivity contribution in [1.82, 2.24) is 0 Å². The molecule has 1 heterocycles. The molecule has 0 amide bonds. The van der Waals surface area contributed by atoms with E-state index in [0.29, 0.717) is 30.7 Å². The highest BCUT2D eigenvalue weighted by atomic mass is 16.5. The first kappa shape index (κ1) is 27.4. The number of esters is 1. The van der Waals surface area contributed by atoms with Crippen molar-refractivity contribution < 1.29 is 23.8 Å². The van der Waals surface area contributed by atoms with Gasteiger partial charge < -0.3 is 14.2 Å². The zero-order valence-corrected chi connectivity index (χ0v) is 23.4. The highest BCUT2D eigenvalue weighted by Crippen LogP contribution is 2.47. The molecule has 0 fully saturated rings. The van der Waals surface area contributed by atoms with E-state index < -0.39 is 11.8 Å². The number of carbonyl (C=O) groups is 2. The molecule has 0 radical (unpaired) electrons. The van der Waals surface area contributed by atoms with E-state index in [2.05, 4.69) is 0 Å². The van der Waals surface area contributed by atoms with Crippen LogP contribution in [0.5, 0.6) is 11.5 Å². The minimum atomic E-state index is -0.668. The molecule has 6 nitrogen and oxygen atoms in total. The third kappa shape index (κ3) is 5.86. The predicted molar refractivity (Wildman–Crippen MR) is 155 cm³/mol. The summed E-state index contributed by atoms with van der Waals surface area (Å²) in [5.41, 5.74) is 5.08. The highest BCUT2D eigenvalue weighted by Gasteiger charge is 2.45. The van der Waals surface area contributed by atoms with Crippen LogP contribution in [-0.2, 0) is 20.9 Å². The van der Waals surface area contributed by atoms with Crippen molar-refractivity contribution in [3.05, 3.63) is 107 Å². The van der Waals surface area contributed by atoms with Crippen molar-refractivity contribution in [2.45, 2.75) is 58.2 Å². The van der Waals surface area contributed by atoms with Crippen LogP contribution in [0.4, 0.5) is 0 Å². The van der Waals surface area contributed by atoms with Gasteiger partial charge >= 0.3 is 5.97 Å². The van der Waals surface area contributed by atoms with Crippen LogP contribution in [0.15, 0.2) is 95.1 Å². The van der Waals surface area contributed by atoms with E-state index >= 15 is 0 Å². The number of ketones is 1. The average molecular weight is 538 g/mol. The molecule has 2 aliphatic rings. The number of rotatable bonds is 8. The molecule has 0 bridgehead atoms. The smallest absolute Gasteiger partial charge is 0.315 e. The maximum absolute atomic E-state index is 13.8. The predicted octanol–water partition coefficient (Wildman–Crippen LogP) is 6.80. The van der Waals surface area contributed by atoms with Gasteiger partial charge in [0.2, 0.25) is 0 Å². The van der Waals surface area contributed by atoms with E-state index in [9.17, 15) is 9.59 Å². The molecule has 0 saturated carbocycles. The summed E-state index contributed by atoms with van der Waals surface area (Å²) < 4.78 is 16.9. The zero-order chi connectivity index (χ0) is 28.2. The summed E-state index contributed by atoms with van der Waals surface area (Å²) in [6.07, 6.45) is 0.720. The minimum Gasteiger partial charge on any atom is -0.497 e. The van der Waals surface area contributed by atoms with Gasteiger partial charge in [-0.15, -0.1) is 0 Å². The van der Waals surface area contributed by atoms with Gasteiger partial charge in [0.25, 0.3) is 0 Å². The van der Waals surface area contributed by atoms with Crippen molar-refractivity contribution >= 4 is 17.5 Å². The summed E-state index contributed by atoms with van der Waals surface area (Å²) in [7, 11) is 1.64. The zero-order valence-electron chi connectivity index (χ0n) is 23.4. The number of methoxy groups -OCH3 is 1. The van der Waals surface area contributed by atoms with Gasteiger partial charge in [-0.1, -0.05) is 54.6 Å². The minimum absolute atomic E-state index is 0.0160. The quantitative estimate of drug-likeness (QED) is 0.296. The first-order chi connectivity index (χ1) is 19.3. The molecule has 3 aromatic carbocycles. The fourth-order valence-corrected chi connectivity index (χ4v) is 5.65. The van der Waals surface area contributed by atoms with Gasteiger partial charge in [-0.25, -0.2) is 0 Å². The fourth-order valence-electron chi connectivity index (χ4n) is 5.65. The van der Waals surface area contributed by atoms with Gasteiger partial charge in [-0.2, -0.15) is 0 Å². The van der Waals surface area contributed by atoms with Crippen molar-refractivity contribution in [1.29, 1.82) is 0 Å². The van der Waals surface area contributed by atoms with Gasteiger partial charge in [-0.3, -0.25) is 14.6 Å². The van der Waals surface area contributed by atoms with Crippen LogP contribution in [0, 0.1) is 5.92 Å². The molecule has 3 atom stereocenters. The third-order valence-electron chi connectivity index (χ3n) is 7.57. The molecule has 0 spiro atoms. The molecule has 0 saturated heterocycles. The molecular formula is C34H35NO5. The van der Waals surface area contributed by atoms with E-state index in [1.807, 2.05) is 99.6 Å². The Bertz CT molecular complexity index is 1420. The van der Waals surface area contributed by atoms with Crippen LogP contribution < -0.4 is 9.47 Å². The Morgan fingerprint density at radius 2 is 1.55 bits per heavy atom. The summed E-state index contributed by atoms with van der Waals surface area (Å²) in [5, 5.41) is 0. The van der Waals surface area contributed by atoms with E-state index in [1.165, 1.54) is 0 Å². The van der Waals surface area contributed by atoms with Gasteiger partial charge in [0.1, 0.15) is 24.0 Å². The number of hydrogen-bond acceptors (Lipinski definition) is 6. The average Bonchev–Trinajstić information content (AvgIpc) is 2.95. The maximum atomic E-state index is 13.8. The number of carbonyl (C=O) groups excluding carboxylic acids is 2. The Morgan fingerprint density at radius 3 is 2.20 bits per heavy atom. The molecule has 1 unspecified atom stereocenters. The van der Waals surface area contributed by atoms with Gasteiger partial charge in [-0.05, 0) is 74.1 Å². The number of aliphatic imine (C=N–C) groups is 1. The molecular weight excluding hydrogens is 502 g/mol. The Morgan fingerprint density at radius 1 is 0.900 bits per heavy atom. The molecule has 1 aliphatic heterocycles.